The Morgan fingerprint density at radius 1 is 1.10 bits per heavy atom. The molecule has 0 radical (unpaired) electrons. The number of ether oxygens (including phenoxy) is 3. The van der Waals surface area contributed by atoms with Crippen LogP contribution < -0.4 is 0 Å². The summed E-state index contributed by atoms with van der Waals surface area (Å²) in [5.74, 6) is -1.71. The maximum atomic E-state index is 13.3. The molecule has 0 spiro atoms. The van der Waals surface area contributed by atoms with Crippen LogP contribution >= 0.6 is 0 Å². The van der Waals surface area contributed by atoms with Crippen LogP contribution in [0.1, 0.15) is 32.3 Å². The van der Waals surface area contributed by atoms with Crippen LogP contribution in [0.25, 0.3) is 0 Å². The lowest BCUT2D eigenvalue weighted by molar-refractivity contribution is -0.179. The van der Waals surface area contributed by atoms with Crippen molar-refractivity contribution in [2.45, 2.75) is 33.3 Å². The first kappa shape index (κ1) is 20.8. The monoisotopic (exact) mass is 412 g/mol. The van der Waals surface area contributed by atoms with Crippen molar-refractivity contribution in [2.75, 3.05) is 19.8 Å². The van der Waals surface area contributed by atoms with Crippen LogP contribution in [0.3, 0.4) is 0 Å². The molecule has 4 aliphatic carbocycles. The molecule has 30 heavy (non-hydrogen) atoms. The Balaban J connectivity index is 1.62. The van der Waals surface area contributed by atoms with Crippen molar-refractivity contribution in [1.82, 2.24) is 0 Å². The summed E-state index contributed by atoms with van der Waals surface area (Å²) in [7, 11) is 0. The molecule has 4 aliphatic rings. The van der Waals surface area contributed by atoms with E-state index in [9.17, 15) is 14.4 Å². The molecule has 3 fully saturated rings. The number of Topliss-reactive ketones (excluding diaryl/α,β-unsaturated/α-hetero) is 1. The summed E-state index contributed by atoms with van der Waals surface area (Å²) < 4.78 is 16.7. The van der Waals surface area contributed by atoms with Gasteiger partial charge in [-0.3, -0.25) is 14.4 Å². The topological polar surface area (TPSA) is 78.9 Å². The van der Waals surface area contributed by atoms with Gasteiger partial charge in [0, 0.05) is 24.7 Å². The number of ketones is 1. The van der Waals surface area contributed by atoms with E-state index in [2.05, 4.69) is 0 Å². The molecule has 0 saturated heterocycles. The quantitative estimate of drug-likeness (QED) is 0.482. The minimum absolute atomic E-state index is 0.0580. The highest BCUT2D eigenvalue weighted by atomic mass is 16.5. The van der Waals surface area contributed by atoms with Crippen molar-refractivity contribution >= 4 is 17.7 Å². The summed E-state index contributed by atoms with van der Waals surface area (Å²) in [4.78, 5) is 37.9. The fraction of sp³-hybridized carbons (Fsp3) is 0.542. The number of benzene rings is 1. The molecule has 5 atom stereocenters. The van der Waals surface area contributed by atoms with E-state index in [1.54, 1.807) is 6.92 Å². The van der Waals surface area contributed by atoms with E-state index in [4.69, 9.17) is 14.2 Å². The molecule has 0 aromatic heterocycles. The number of fused-ring (bicyclic) bond motifs is 1. The Morgan fingerprint density at radius 2 is 1.87 bits per heavy atom. The van der Waals surface area contributed by atoms with Gasteiger partial charge in [0.25, 0.3) is 0 Å². The fourth-order valence-electron chi connectivity index (χ4n) is 5.74. The van der Waals surface area contributed by atoms with Crippen molar-refractivity contribution in [1.29, 1.82) is 0 Å². The van der Waals surface area contributed by atoms with Crippen LogP contribution in [0.2, 0.25) is 0 Å². The summed E-state index contributed by atoms with van der Waals surface area (Å²) in [5.41, 5.74) is 1.00. The molecule has 1 aromatic carbocycles. The average Bonchev–Trinajstić information content (AvgIpc) is 3.04. The van der Waals surface area contributed by atoms with Crippen LogP contribution in [-0.2, 0) is 35.2 Å². The smallest absolute Gasteiger partial charge is 0.316 e. The zero-order chi connectivity index (χ0) is 21.3. The lowest BCUT2D eigenvalue weighted by atomic mass is 9.49. The standard InChI is InChI=1S/C24H28O6/c1-3-29-23(27)24-11-17(13-28-12-16-7-5-4-6-8-16)21-19(24)10-9-18(22(21)26)20(24)14-30-15(2)25/h4-8,11,18-21H,3,9-10,12-14H2,1-2H3/t18-,19-,20-,21-,24-/m0/s1. The number of carbonyl (C=O) groups is 3. The van der Waals surface area contributed by atoms with Gasteiger partial charge in [0.15, 0.2) is 0 Å². The van der Waals surface area contributed by atoms with Crippen molar-refractivity contribution in [3.63, 3.8) is 0 Å². The van der Waals surface area contributed by atoms with Crippen molar-refractivity contribution in [3.8, 4) is 0 Å². The van der Waals surface area contributed by atoms with Gasteiger partial charge in [0.05, 0.1) is 31.8 Å². The Kier molecular flexibility index (Phi) is 5.78. The molecule has 0 aliphatic heterocycles. The second-order valence-corrected chi connectivity index (χ2v) is 8.43. The average molecular weight is 412 g/mol. The number of rotatable bonds is 8. The molecule has 0 amide bonds. The van der Waals surface area contributed by atoms with Gasteiger partial charge in [0.2, 0.25) is 0 Å². The second kappa shape index (κ2) is 8.34. The highest BCUT2D eigenvalue weighted by Crippen LogP contribution is 2.64. The van der Waals surface area contributed by atoms with E-state index in [1.807, 2.05) is 36.4 Å². The molecule has 0 N–H and O–H groups in total. The van der Waals surface area contributed by atoms with E-state index in [1.165, 1.54) is 6.92 Å². The second-order valence-electron chi connectivity index (χ2n) is 8.43. The molecule has 5 rings (SSSR count). The molecule has 1 aromatic rings. The Bertz CT molecular complexity index is 860. The van der Waals surface area contributed by atoms with Crippen LogP contribution in [-0.4, -0.2) is 37.5 Å². The Morgan fingerprint density at radius 3 is 2.57 bits per heavy atom. The number of hydrogen-bond donors (Lipinski definition) is 0. The third-order valence-electron chi connectivity index (χ3n) is 6.87. The van der Waals surface area contributed by atoms with Gasteiger partial charge >= 0.3 is 11.9 Å². The van der Waals surface area contributed by atoms with Gasteiger partial charge in [-0.05, 0) is 36.8 Å². The Labute approximate surface area is 176 Å². The molecular formula is C24H28O6. The van der Waals surface area contributed by atoms with Crippen LogP contribution in [0.4, 0.5) is 0 Å². The summed E-state index contributed by atoms with van der Waals surface area (Å²) in [6.07, 6.45) is 3.44. The lowest BCUT2D eigenvalue weighted by Gasteiger charge is -2.52. The van der Waals surface area contributed by atoms with Gasteiger partial charge in [-0.25, -0.2) is 0 Å². The molecular weight excluding hydrogens is 384 g/mol. The zero-order valence-electron chi connectivity index (χ0n) is 17.5. The Hall–Kier alpha value is -2.47. The minimum atomic E-state index is -0.918. The fourth-order valence-corrected chi connectivity index (χ4v) is 5.74. The molecule has 3 saturated carbocycles. The summed E-state index contributed by atoms with van der Waals surface area (Å²) >= 11 is 0. The normalized spacial score (nSPS) is 31.4. The van der Waals surface area contributed by atoms with Crippen LogP contribution in [0.5, 0.6) is 0 Å². The van der Waals surface area contributed by atoms with E-state index in [-0.39, 0.29) is 48.6 Å². The lowest BCUT2D eigenvalue weighted by Crippen LogP contribution is -2.59. The maximum absolute atomic E-state index is 13.3. The molecule has 0 heterocycles. The van der Waals surface area contributed by atoms with E-state index < -0.39 is 11.4 Å². The first-order chi connectivity index (χ1) is 14.5. The molecule has 6 heteroatoms. The van der Waals surface area contributed by atoms with Gasteiger partial charge < -0.3 is 14.2 Å². The molecule has 0 unspecified atom stereocenters. The summed E-state index contributed by atoms with van der Waals surface area (Å²) in [6, 6.07) is 9.85. The van der Waals surface area contributed by atoms with Gasteiger partial charge in [-0.2, -0.15) is 0 Å². The number of esters is 2. The highest BCUT2D eigenvalue weighted by molar-refractivity contribution is 5.95. The predicted octanol–water partition coefficient (Wildman–Crippen LogP) is 3.10. The van der Waals surface area contributed by atoms with E-state index in [0.717, 1.165) is 24.0 Å². The maximum Gasteiger partial charge on any atom is 0.316 e. The molecule has 6 nitrogen and oxygen atoms in total. The number of hydrogen-bond acceptors (Lipinski definition) is 6. The molecule has 4 bridgehead atoms. The van der Waals surface area contributed by atoms with Gasteiger partial charge in [-0.1, -0.05) is 36.4 Å². The van der Waals surface area contributed by atoms with Crippen molar-refractivity contribution in [3.05, 3.63) is 47.5 Å². The first-order valence-corrected chi connectivity index (χ1v) is 10.7. The largest absolute Gasteiger partial charge is 0.466 e. The van der Waals surface area contributed by atoms with Crippen molar-refractivity contribution in [2.24, 2.45) is 29.1 Å². The van der Waals surface area contributed by atoms with Crippen LogP contribution in [0, 0.1) is 29.1 Å². The van der Waals surface area contributed by atoms with E-state index in [0.29, 0.717) is 13.2 Å². The highest BCUT2D eigenvalue weighted by Gasteiger charge is 2.69. The number of carbonyl (C=O) groups excluding carboxylic acids is 3. The minimum Gasteiger partial charge on any atom is -0.466 e. The molecule has 160 valence electrons. The van der Waals surface area contributed by atoms with Gasteiger partial charge in [0.1, 0.15) is 5.78 Å². The van der Waals surface area contributed by atoms with Gasteiger partial charge in [-0.15, -0.1) is 0 Å². The van der Waals surface area contributed by atoms with E-state index >= 15 is 0 Å². The van der Waals surface area contributed by atoms with Crippen LogP contribution in [0.15, 0.2) is 42.0 Å². The van der Waals surface area contributed by atoms with Crippen molar-refractivity contribution < 1.29 is 28.6 Å². The third-order valence-corrected chi connectivity index (χ3v) is 6.87. The third kappa shape index (κ3) is 3.37. The first-order valence-electron chi connectivity index (χ1n) is 10.7. The predicted molar refractivity (Wildman–Crippen MR) is 108 cm³/mol. The summed E-state index contributed by atoms with van der Waals surface area (Å²) in [6.45, 7) is 4.19. The SMILES string of the molecule is CCOC(=O)[C@@]12C=C(COCc3ccccc3)[C@@H]3C(=O)[C@@H](CC[C@@H]31)[C@@H]2COC(C)=O. The summed E-state index contributed by atoms with van der Waals surface area (Å²) in [5, 5.41) is 0. The zero-order valence-corrected chi connectivity index (χ0v) is 17.5.